The molecule has 2 aromatic carbocycles. The van der Waals surface area contributed by atoms with E-state index >= 15 is 0 Å². The van der Waals surface area contributed by atoms with E-state index in [9.17, 15) is 4.79 Å². The van der Waals surface area contributed by atoms with Gasteiger partial charge in [0.2, 0.25) is 5.91 Å². The van der Waals surface area contributed by atoms with Crippen LogP contribution in [0.15, 0.2) is 60.9 Å². The summed E-state index contributed by atoms with van der Waals surface area (Å²) in [5.41, 5.74) is 4.24. The van der Waals surface area contributed by atoms with Crippen LogP contribution >= 0.6 is 0 Å². The van der Waals surface area contributed by atoms with E-state index in [-0.39, 0.29) is 11.8 Å². The van der Waals surface area contributed by atoms with Crippen molar-refractivity contribution >= 4 is 5.91 Å². The lowest BCUT2D eigenvalue weighted by atomic mass is 9.84. The predicted molar refractivity (Wildman–Crippen MR) is 111 cm³/mol. The molecule has 5 rings (SSSR count). The zero-order chi connectivity index (χ0) is 20.0. The molecular formula is C24H25N3O2. The molecule has 1 aromatic heterocycles. The Balaban J connectivity index is 1.51. The Morgan fingerprint density at radius 3 is 2.62 bits per heavy atom. The highest BCUT2D eigenvalue weighted by molar-refractivity contribution is 5.92. The number of carbonyl (C=O) groups is 1. The van der Waals surface area contributed by atoms with Gasteiger partial charge >= 0.3 is 0 Å². The molecule has 3 aromatic rings. The van der Waals surface area contributed by atoms with Gasteiger partial charge in [-0.25, -0.2) is 0 Å². The summed E-state index contributed by atoms with van der Waals surface area (Å²) in [5, 5.41) is 4.36. The molecule has 1 saturated carbocycles. The molecule has 148 valence electrons. The summed E-state index contributed by atoms with van der Waals surface area (Å²) in [5.74, 6) is 1.16. The Bertz CT molecular complexity index is 1070. The summed E-state index contributed by atoms with van der Waals surface area (Å²) in [4.78, 5) is 15.8. The third-order valence-electron chi connectivity index (χ3n) is 6.39. The van der Waals surface area contributed by atoms with Crippen LogP contribution in [0, 0.1) is 0 Å². The minimum absolute atomic E-state index is 0.145. The van der Waals surface area contributed by atoms with Crippen molar-refractivity contribution in [1.29, 1.82) is 0 Å². The molecule has 29 heavy (non-hydrogen) atoms. The van der Waals surface area contributed by atoms with E-state index in [0.29, 0.717) is 13.1 Å². The first kappa shape index (κ1) is 18.0. The average molecular weight is 387 g/mol. The summed E-state index contributed by atoms with van der Waals surface area (Å²) < 4.78 is 7.41. The Morgan fingerprint density at radius 1 is 1.14 bits per heavy atom. The number of aromatic nitrogens is 2. The molecule has 0 radical (unpaired) electrons. The van der Waals surface area contributed by atoms with Crippen molar-refractivity contribution in [2.75, 3.05) is 13.7 Å². The number of fused-ring (bicyclic) bond motifs is 1. The fourth-order valence-electron chi connectivity index (χ4n) is 4.73. The maximum atomic E-state index is 13.8. The zero-order valence-electron chi connectivity index (χ0n) is 16.8. The van der Waals surface area contributed by atoms with Gasteiger partial charge in [-0.1, -0.05) is 42.5 Å². The number of benzene rings is 2. The van der Waals surface area contributed by atoms with Gasteiger partial charge in [-0.2, -0.15) is 5.10 Å². The van der Waals surface area contributed by atoms with Crippen LogP contribution in [0.4, 0.5) is 0 Å². The van der Waals surface area contributed by atoms with Crippen molar-refractivity contribution in [3.8, 4) is 5.75 Å². The second kappa shape index (κ2) is 6.76. The summed E-state index contributed by atoms with van der Waals surface area (Å²) in [6.07, 6.45) is 5.73. The standard InChI is InChI=1S/C24H25N3O2/c1-26-14-18(13-25-26)20-16-27(15-17-7-3-4-8-19(17)20)23(28)24(11-12-24)21-9-5-6-10-22(21)29-2/h3-10,13-14,20H,11-12,15-16H2,1-2H3. The largest absolute Gasteiger partial charge is 0.496 e. The lowest BCUT2D eigenvalue weighted by molar-refractivity contribution is -0.135. The highest BCUT2D eigenvalue weighted by Gasteiger charge is 2.55. The molecule has 2 aliphatic rings. The minimum atomic E-state index is -0.446. The number of ether oxygens (including phenoxy) is 1. The van der Waals surface area contributed by atoms with Crippen LogP contribution in [0.3, 0.4) is 0 Å². The summed E-state index contributed by atoms with van der Waals surface area (Å²) in [6.45, 7) is 1.33. The SMILES string of the molecule is COc1ccccc1C1(C(=O)N2Cc3ccccc3C(c3cnn(C)c3)C2)CC1. The van der Waals surface area contributed by atoms with Crippen LogP contribution in [0.2, 0.25) is 0 Å². The van der Waals surface area contributed by atoms with Crippen molar-refractivity contribution in [3.63, 3.8) is 0 Å². The maximum absolute atomic E-state index is 13.8. The molecule has 1 fully saturated rings. The van der Waals surface area contributed by atoms with Crippen molar-refractivity contribution in [2.24, 2.45) is 7.05 Å². The van der Waals surface area contributed by atoms with Crippen molar-refractivity contribution in [1.82, 2.24) is 14.7 Å². The highest BCUT2D eigenvalue weighted by Crippen LogP contribution is 2.53. The highest BCUT2D eigenvalue weighted by atomic mass is 16.5. The third-order valence-corrected chi connectivity index (χ3v) is 6.39. The Hall–Kier alpha value is -3.08. The summed E-state index contributed by atoms with van der Waals surface area (Å²) in [7, 11) is 3.61. The number of amides is 1. The van der Waals surface area contributed by atoms with Gasteiger partial charge in [0.25, 0.3) is 0 Å². The Labute approximate surface area is 170 Å². The van der Waals surface area contributed by atoms with Gasteiger partial charge in [0.1, 0.15) is 5.75 Å². The predicted octanol–water partition coefficient (Wildman–Crippen LogP) is 3.63. The number of hydrogen-bond donors (Lipinski definition) is 0. The van der Waals surface area contributed by atoms with Gasteiger partial charge in [0, 0.05) is 37.8 Å². The molecule has 0 saturated heterocycles. The van der Waals surface area contributed by atoms with Crippen LogP contribution in [0.25, 0.3) is 0 Å². The summed E-state index contributed by atoms with van der Waals surface area (Å²) >= 11 is 0. The lowest BCUT2D eigenvalue weighted by Crippen LogP contribution is -2.44. The first-order valence-corrected chi connectivity index (χ1v) is 10.1. The van der Waals surface area contributed by atoms with Crippen molar-refractivity contribution in [3.05, 3.63) is 83.2 Å². The average Bonchev–Trinajstić information content (AvgIpc) is 3.46. The van der Waals surface area contributed by atoms with Crippen LogP contribution in [0.5, 0.6) is 5.75 Å². The maximum Gasteiger partial charge on any atom is 0.233 e. The van der Waals surface area contributed by atoms with Crippen LogP contribution in [-0.2, 0) is 23.8 Å². The molecule has 1 atom stereocenters. The van der Waals surface area contributed by atoms with E-state index in [2.05, 4.69) is 35.6 Å². The Kier molecular flexibility index (Phi) is 4.19. The molecule has 5 nitrogen and oxygen atoms in total. The smallest absolute Gasteiger partial charge is 0.233 e. The van der Waals surface area contributed by atoms with Gasteiger partial charge in [-0.05, 0) is 35.6 Å². The zero-order valence-corrected chi connectivity index (χ0v) is 16.8. The first-order chi connectivity index (χ1) is 14.1. The van der Waals surface area contributed by atoms with Gasteiger partial charge in [-0.3, -0.25) is 9.48 Å². The topological polar surface area (TPSA) is 47.4 Å². The van der Waals surface area contributed by atoms with Crippen LogP contribution < -0.4 is 4.74 Å². The third kappa shape index (κ3) is 2.92. The van der Waals surface area contributed by atoms with E-state index in [4.69, 9.17) is 4.74 Å². The fourth-order valence-corrected chi connectivity index (χ4v) is 4.73. The molecule has 2 heterocycles. The van der Waals surface area contributed by atoms with Crippen molar-refractivity contribution in [2.45, 2.75) is 30.7 Å². The number of aryl methyl sites for hydroxylation is 1. The molecule has 1 amide bonds. The molecule has 0 N–H and O–H groups in total. The molecule has 0 spiro atoms. The van der Waals surface area contributed by atoms with Crippen LogP contribution in [-0.4, -0.2) is 34.2 Å². The number of nitrogens with zero attached hydrogens (tertiary/aromatic N) is 3. The van der Waals surface area contributed by atoms with E-state index < -0.39 is 5.41 Å². The van der Waals surface area contributed by atoms with E-state index in [1.807, 2.05) is 47.1 Å². The molecular weight excluding hydrogens is 362 g/mol. The fraction of sp³-hybridized carbons (Fsp3) is 0.333. The number of methoxy groups -OCH3 is 1. The molecule has 1 aliphatic heterocycles. The minimum Gasteiger partial charge on any atom is -0.496 e. The van der Waals surface area contributed by atoms with Gasteiger partial charge in [0.15, 0.2) is 0 Å². The number of para-hydroxylation sites is 1. The summed E-state index contributed by atoms with van der Waals surface area (Å²) in [6, 6.07) is 16.4. The number of hydrogen-bond acceptors (Lipinski definition) is 3. The quantitative estimate of drug-likeness (QED) is 0.687. The normalized spacial score (nSPS) is 19.5. The van der Waals surface area contributed by atoms with E-state index in [1.54, 1.807) is 7.11 Å². The molecule has 1 unspecified atom stereocenters. The van der Waals surface area contributed by atoms with Gasteiger partial charge < -0.3 is 9.64 Å². The number of rotatable bonds is 4. The number of carbonyl (C=O) groups excluding carboxylic acids is 1. The monoisotopic (exact) mass is 387 g/mol. The Morgan fingerprint density at radius 2 is 1.90 bits per heavy atom. The van der Waals surface area contributed by atoms with Crippen molar-refractivity contribution < 1.29 is 9.53 Å². The van der Waals surface area contributed by atoms with Crippen LogP contribution in [0.1, 0.15) is 41.0 Å². The second-order valence-electron chi connectivity index (χ2n) is 8.17. The van der Waals surface area contributed by atoms with Gasteiger partial charge in [0.05, 0.1) is 18.7 Å². The second-order valence-corrected chi connectivity index (χ2v) is 8.17. The molecule has 1 aliphatic carbocycles. The van der Waals surface area contributed by atoms with E-state index in [0.717, 1.165) is 29.7 Å². The molecule has 5 heteroatoms. The lowest BCUT2D eigenvalue weighted by Gasteiger charge is -2.37. The first-order valence-electron chi connectivity index (χ1n) is 10.1. The van der Waals surface area contributed by atoms with Gasteiger partial charge in [-0.15, -0.1) is 0 Å². The van der Waals surface area contributed by atoms with E-state index in [1.165, 1.54) is 11.1 Å². The molecule has 0 bridgehead atoms.